The van der Waals surface area contributed by atoms with E-state index in [0.717, 1.165) is 29.7 Å². The number of aromatic nitrogens is 1. The van der Waals surface area contributed by atoms with Crippen LogP contribution in [0.5, 0.6) is 0 Å². The summed E-state index contributed by atoms with van der Waals surface area (Å²) < 4.78 is 13.5. The number of likely N-dealkylation sites (tertiary alicyclic amines) is 1. The Hall–Kier alpha value is -2.73. The SMILES string of the molecule is O=C(Nc1nc(-c2ccccc2)cs1)N1CCC[C@H]1c1cccc(F)c1. The molecule has 0 bridgehead atoms. The number of benzene rings is 2. The van der Waals surface area contributed by atoms with Crippen molar-refractivity contribution in [2.75, 3.05) is 11.9 Å². The molecule has 2 heterocycles. The molecule has 0 radical (unpaired) electrons. The highest BCUT2D eigenvalue weighted by molar-refractivity contribution is 7.14. The quantitative estimate of drug-likeness (QED) is 0.681. The number of hydrogen-bond donors (Lipinski definition) is 1. The monoisotopic (exact) mass is 367 g/mol. The Bertz CT molecular complexity index is 912. The predicted molar refractivity (Wildman–Crippen MR) is 102 cm³/mol. The number of urea groups is 1. The van der Waals surface area contributed by atoms with Crippen LogP contribution in [0.4, 0.5) is 14.3 Å². The van der Waals surface area contributed by atoms with Crippen molar-refractivity contribution in [2.24, 2.45) is 0 Å². The van der Waals surface area contributed by atoms with Crippen LogP contribution < -0.4 is 5.32 Å². The lowest BCUT2D eigenvalue weighted by molar-refractivity contribution is 0.207. The fraction of sp³-hybridized carbons (Fsp3) is 0.200. The topological polar surface area (TPSA) is 45.2 Å². The first-order chi connectivity index (χ1) is 12.7. The Kier molecular flexibility index (Phi) is 4.67. The van der Waals surface area contributed by atoms with Crippen molar-refractivity contribution in [1.29, 1.82) is 0 Å². The molecule has 0 saturated carbocycles. The molecule has 0 spiro atoms. The van der Waals surface area contributed by atoms with Gasteiger partial charge in [0.25, 0.3) is 0 Å². The van der Waals surface area contributed by atoms with Gasteiger partial charge >= 0.3 is 6.03 Å². The van der Waals surface area contributed by atoms with Crippen LogP contribution in [-0.4, -0.2) is 22.5 Å². The van der Waals surface area contributed by atoms with Gasteiger partial charge in [0, 0.05) is 17.5 Å². The molecule has 2 aromatic carbocycles. The molecule has 2 amide bonds. The number of halogens is 1. The number of carbonyl (C=O) groups is 1. The Morgan fingerprint density at radius 3 is 2.85 bits per heavy atom. The Balaban J connectivity index is 1.48. The van der Waals surface area contributed by atoms with Crippen LogP contribution in [0.1, 0.15) is 24.4 Å². The van der Waals surface area contributed by atoms with Crippen LogP contribution in [0.25, 0.3) is 11.3 Å². The summed E-state index contributed by atoms with van der Waals surface area (Å²) in [6.07, 6.45) is 1.74. The lowest BCUT2D eigenvalue weighted by Crippen LogP contribution is -2.34. The van der Waals surface area contributed by atoms with E-state index in [1.165, 1.54) is 23.5 Å². The summed E-state index contributed by atoms with van der Waals surface area (Å²) in [6.45, 7) is 0.657. The summed E-state index contributed by atoms with van der Waals surface area (Å²) in [5.41, 5.74) is 2.69. The van der Waals surface area contributed by atoms with Crippen molar-refractivity contribution in [3.05, 3.63) is 71.4 Å². The first-order valence-electron chi connectivity index (χ1n) is 8.55. The van der Waals surface area contributed by atoms with Crippen LogP contribution in [0.3, 0.4) is 0 Å². The third-order valence-electron chi connectivity index (χ3n) is 4.53. The zero-order valence-electron chi connectivity index (χ0n) is 14.1. The van der Waals surface area contributed by atoms with Crippen molar-refractivity contribution in [2.45, 2.75) is 18.9 Å². The smallest absolute Gasteiger partial charge is 0.317 e. The van der Waals surface area contributed by atoms with Gasteiger partial charge in [-0.05, 0) is 30.5 Å². The Morgan fingerprint density at radius 1 is 1.19 bits per heavy atom. The van der Waals surface area contributed by atoms with Crippen molar-refractivity contribution in [1.82, 2.24) is 9.88 Å². The van der Waals surface area contributed by atoms with Gasteiger partial charge in [0.15, 0.2) is 5.13 Å². The second-order valence-electron chi connectivity index (χ2n) is 6.24. The van der Waals surface area contributed by atoms with Gasteiger partial charge in [-0.15, -0.1) is 11.3 Å². The molecule has 1 N–H and O–H groups in total. The number of nitrogens with zero attached hydrogens (tertiary/aromatic N) is 2. The molecule has 0 aliphatic carbocycles. The number of thiazole rings is 1. The van der Waals surface area contributed by atoms with Gasteiger partial charge in [-0.2, -0.15) is 0 Å². The average Bonchev–Trinajstić information content (AvgIpc) is 3.32. The van der Waals surface area contributed by atoms with Crippen molar-refractivity contribution < 1.29 is 9.18 Å². The van der Waals surface area contributed by atoms with E-state index in [0.29, 0.717) is 11.7 Å². The lowest BCUT2D eigenvalue weighted by Gasteiger charge is -2.24. The fourth-order valence-electron chi connectivity index (χ4n) is 3.31. The highest BCUT2D eigenvalue weighted by Gasteiger charge is 2.30. The van der Waals surface area contributed by atoms with Gasteiger partial charge in [0.05, 0.1) is 11.7 Å². The molecule has 0 unspecified atom stereocenters. The van der Waals surface area contributed by atoms with Crippen LogP contribution in [0.15, 0.2) is 60.0 Å². The molecule has 1 atom stereocenters. The third kappa shape index (κ3) is 3.46. The summed E-state index contributed by atoms with van der Waals surface area (Å²) in [4.78, 5) is 19.0. The summed E-state index contributed by atoms with van der Waals surface area (Å²) in [5.74, 6) is -0.276. The van der Waals surface area contributed by atoms with E-state index in [1.54, 1.807) is 11.0 Å². The van der Waals surface area contributed by atoms with Gasteiger partial charge in [0.2, 0.25) is 0 Å². The standard InChI is InChI=1S/C20H18FN3OS/c21-16-9-4-8-15(12-16)18-10-5-11-24(18)20(25)23-19-22-17(13-26-19)14-6-2-1-3-7-14/h1-4,6-9,12-13,18H,5,10-11H2,(H,22,23,25)/t18-/m0/s1. The second kappa shape index (κ2) is 7.25. The zero-order valence-corrected chi connectivity index (χ0v) is 14.9. The van der Waals surface area contributed by atoms with Crippen LogP contribution in [0, 0.1) is 5.82 Å². The first-order valence-corrected chi connectivity index (χ1v) is 9.43. The number of anilines is 1. The number of hydrogen-bond acceptors (Lipinski definition) is 3. The minimum Gasteiger partial charge on any atom is -0.317 e. The van der Waals surface area contributed by atoms with Crippen LogP contribution in [-0.2, 0) is 0 Å². The van der Waals surface area contributed by atoms with E-state index in [-0.39, 0.29) is 17.9 Å². The first kappa shape index (κ1) is 16.7. The van der Waals surface area contributed by atoms with Crippen molar-refractivity contribution in [3.8, 4) is 11.3 Å². The molecule has 1 aromatic heterocycles. The maximum Gasteiger partial charge on any atom is 0.324 e. The van der Waals surface area contributed by atoms with Gasteiger partial charge in [-0.1, -0.05) is 42.5 Å². The van der Waals surface area contributed by atoms with Crippen molar-refractivity contribution in [3.63, 3.8) is 0 Å². The summed E-state index contributed by atoms with van der Waals surface area (Å²) >= 11 is 1.40. The highest BCUT2D eigenvalue weighted by atomic mass is 32.1. The van der Waals surface area contributed by atoms with Gasteiger partial charge in [-0.3, -0.25) is 5.32 Å². The minimum absolute atomic E-state index is 0.0979. The molecule has 1 aliphatic rings. The molecule has 4 nitrogen and oxygen atoms in total. The normalized spacial score (nSPS) is 16.7. The molecule has 1 fully saturated rings. The molecule has 6 heteroatoms. The molecule has 1 saturated heterocycles. The van der Waals surface area contributed by atoms with E-state index in [2.05, 4.69) is 10.3 Å². The Morgan fingerprint density at radius 2 is 2.04 bits per heavy atom. The molecular weight excluding hydrogens is 349 g/mol. The van der Waals surface area contributed by atoms with E-state index in [9.17, 15) is 9.18 Å². The van der Waals surface area contributed by atoms with E-state index in [4.69, 9.17) is 0 Å². The number of nitrogens with one attached hydrogen (secondary N) is 1. The van der Waals surface area contributed by atoms with Gasteiger partial charge < -0.3 is 4.90 Å². The van der Waals surface area contributed by atoms with E-state index in [1.807, 2.05) is 41.8 Å². The van der Waals surface area contributed by atoms with Crippen LogP contribution in [0.2, 0.25) is 0 Å². The number of amides is 2. The fourth-order valence-corrected chi connectivity index (χ4v) is 4.02. The highest BCUT2D eigenvalue weighted by Crippen LogP contribution is 2.33. The molecule has 1 aliphatic heterocycles. The largest absolute Gasteiger partial charge is 0.324 e. The minimum atomic E-state index is -0.276. The average molecular weight is 367 g/mol. The zero-order chi connectivity index (χ0) is 17.9. The molecule has 132 valence electrons. The summed E-state index contributed by atoms with van der Waals surface area (Å²) in [5, 5.41) is 5.39. The van der Waals surface area contributed by atoms with Crippen molar-refractivity contribution >= 4 is 22.5 Å². The van der Waals surface area contributed by atoms with Gasteiger partial charge in [-0.25, -0.2) is 14.2 Å². The van der Waals surface area contributed by atoms with E-state index >= 15 is 0 Å². The molecule has 4 rings (SSSR count). The van der Waals surface area contributed by atoms with Gasteiger partial charge in [0.1, 0.15) is 5.82 Å². The maximum atomic E-state index is 13.5. The molecule has 3 aromatic rings. The second-order valence-corrected chi connectivity index (χ2v) is 7.10. The number of carbonyl (C=O) groups excluding carboxylic acids is 1. The lowest BCUT2D eigenvalue weighted by atomic mass is 10.0. The summed E-state index contributed by atoms with van der Waals surface area (Å²) in [7, 11) is 0. The Labute approximate surface area is 155 Å². The summed E-state index contributed by atoms with van der Waals surface area (Å²) in [6, 6.07) is 16.0. The number of rotatable bonds is 3. The van der Waals surface area contributed by atoms with E-state index < -0.39 is 0 Å². The maximum absolute atomic E-state index is 13.5. The molecule has 26 heavy (non-hydrogen) atoms. The van der Waals surface area contributed by atoms with Crippen LogP contribution >= 0.6 is 11.3 Å². The predicted octanol–water partition coefficient (Wildman–Crippen LogP) is 5.32. The molecular formula is C20H18FN3OS. The third-order valence-corrected chi connectivity index (χ3v) is 5.29.